The molecular formula is C12H15N3O3S. The van der Waals surface area contributed by atoms with Crippen LogP contribution in [0, 0.1) is 5.92 Å². The van der Waals surface area contributed by atoms with Gasteiger partial charge >= 0.3 is 5.97 Å². The number of H-pyrrole nitrogens is 1. The number of aromatic amines is 1. The van der Waals surface area contributed by atoms with E-state index >= 15 is 0 Å². The molecule has 2 heterocycles. The van der Waals surface area contributed by atoms with Crippen LogP contribution in [-0.2, 0) is 16.0 Å². The third-order valence-corrected chi connectivity index (χ3v) is 3.40. The predicted molar refractivity (Wildman–Crippen MR) is 72.2 cm³/mol. The van der Waals surface area contributed by atoms with Gasteiger partial charge in [0.25, 0.3) is 5.56 Å². The number of hydrogen-bond donors (Lipinski definition) is 1. The third kappa shape index (κ3) is 3.17. The summed E-state index contributed by atoms with van der Waals surface area (Å²) in [4.78, 5) is 30.2. The third-order valence-electron chi connectivity index (χ3n) is 2.78. The van der Waals surface area contributed by atoms with Crippen LogP contribution in [0.5, 0.6) is 0 Å². The van der Waals surface area contributed by atoms with E-state index < -0.39 is 0 Å². The van der Waals surface area contributed by atoms with Gasteiger partial charge in [0.1, 0.15) is 11.3 Å². The van der Waals surface area contributed by atoms with Crippen molar-refractivity contribution in [3.63, 3.8) is 0 Å². The summed E-state index contributed by atoms with van der Waals surface area (Å²) in [7, 11) is 0. The van der Waals surface area contributed by atoms with Gasteiger partial charge < -0.3 is 9.72 Å². The number of carbonyl (C=O) groups excluding carboxylic acids is 1. The molecule has 0 aliphatic rings. The van der Waals surface area contributed by atoms with Gasteiger partial charge in [-0.3, -0.25) is 9.59 Å². The summed E-state index contributed by atoms with van der Waals surface area (Å²) >= 11 is 1.21. The van der Waals surface area contributed by atoms with Crippen LogP contribution in [0.25, 0.3) is 11.0 Å². The second-order valence-electron chi connectivity index (χ2n) is 4.25. The van der Waals surface area contributed by atoms with Crippen LogP contribution < -0.4 is 5.56 Å². The van der Waals surface area contributed by atoms with E-state index in [4.69, 9.17) is 4.74 Å². The second-order valence-corrected chi connectivity index (χ2v) is 4.88. The van der Waals surface area contributed by atoms with E-state index in [1.165, 1.54) is 11.5 Å². The maximum absolute atomic E-state index is 11.7. The van der Waals surface area contributed by atoms with Crippen LogP contribution >= 0.6 is 11.5 Å². The molecule has 0 aromatic carbocycles. The Morgan fingerprint density at radius 3 is 3.11 bits per heavy atom. The van der Waals surface area contributed by atoms with E-state index in [0.29, 0.717) is 36.3 Å². The maximum Gasteiger partial charge on any atom is 0.308 e. The number of aromatic nitrogens is 3. The molecule has 0 fully saturated rings. The fourth-order valence-corrected chi connectivity index (χ4v) is 2.30. The van der Waals surface area contributed by atoms with Crippen molar-refractivity contribution in [3.8, 4) is 0 Å². The Bertz CT molecular complexity index is 634. The van der Waals surface area contributed by atoms with Gasteiger partial charge in [-0.05, 0) is 24.9 Å². The standard InChI is InChI=1S/C12H15N3O3S/c1-3-18-12(17)7(2)4-5-9-13-8-6-19-15-10(8)11(16)14-9/h6-7H,3-5H2,1-2H3,(H,13,14,16). The average Bonchev–Trinajstić information content (AvgIpc) is 2.85. The molecule has 2 rings (SSSR count). The van der Waals surface area contributed by atoms with Gasteiger partial charge in [0.15, 0.2) is 5.52 Å². The van der Waals surface area contributed by atoms with Crippen LogP contribution in [0.15, 0.2) is 10.2 Å². The number of carbonyl (C=O) groups is 1. The van der Waals surface area contributed by atoms with Crippen molar-refractivity contribution in [2.75, 3.05) is 6.61 Å². The Balaban J connectivity index is 2.05. The summed E-state index contributed by atoms with van der Waals surface area (Å²) in [5.74, 6) is 0.151. The summed E-state index contributed by atoms with van der Waals surface area (Å²) in [6.07, 6.45) is 1.12. The highest BCUT2D eigenvalue weighted by atomic mass is 32.1. The van der Waals surface area contributed by atoms with Gasteiger partial charge in [-0.1, -0.05) is 6.92 Å². The quantitative estimate of drug-likeness (QED) is 0.840. The first kappa shape index (κ1) is 13.7. The van der Waals surface area contributed by atoms with Crippen molar-refractivity contribution in [1.82, 2.24) is 14.3 Å². The Labute approximate surface area is 114 Å². The molecule has 1 atom stereocenters. The highest BCUT2D eigenvalue weighted by Crippen LogP contribution is 2.11. The molecule has 7 heteroatoms. The summed E-state index contributed by atoms with van der Waals surface area (Å²) in [6, 6.07) is 0. The lowest BCUT2D eigenvalue weighted by molar-refractivity contribution is -0.147. The zero-order chi connectivity index (χ0) is 13.8. The van der Waals surface area contributed by atoms with E-state index in [-0.39, 0.29) is 17.4 Å². The topological polar surface area (TPSA) is 84.9 Å². The van der Waals surface area contributed by atoms with Crippen molar-refractivity contribution in [2.24, 2.45) is 5.92 Å². The van der Waals surface area contributed by atoms with Crippen LogP contribution in [-0.4, -0.2) is 26.9 Å². The second kappa shape index (κ2) is 5.92. The molecule has 0 saturated carbocycles. The molecule has 1 unspecified atom stereocenters. The summed E-state index contributed by atoms with van der Waals surface area (Å²) in [6.45, 7) is 3.97. The van der Waals surface area contributed by atoms with E-state index in [1.807, 2.05) is 0 Å². The molecule has 0 radical (unpaired) electrons. The van der Waals surface area contributed by atoms with Crippen LogP contribution in [0.3, 0.4) is 0 Å². The number of nitrogens with zero attached hydrogens (tertiary/aromatic N) is 2. The average molecular weight is 281 g/mol. The van der Waals surface area contributed by atoms with E-state index in [9.17, 15) is 9.59 Å². The maximum atomic E-state index is 11.7. The number of aryl methyl sites for hydroxylation is 1. The van der Waals surface area contributed by atoms with Crippen molar-refractivity contribution >= 4 is 28.5 Å². The highest BCUT2D eigenvalue weighted by molar-refractivity contribution is 7.04. The molecule has 0 saturated heterocycles. The van der Waals surface area contributed by atoms with Gasteiger partial charge in [0.05, 0.1) is 12.5 Å². The van der Waals surface area contributed by atoms with Gasteiger partial charge in [0.2, 0.25) is 0 Å². The van der Waals surface area contributed by atoms with E-state index in [0.717, 1.165) is 0 Å². The van der Waals surface area contributed by atoms with Gasteiger partial charge in [-0.25, -0.2) is 4.98 Å². The summed E-state index contributed by atoms with van der Waals surface area (Å²) in [5, 5.41) is 1.74. The molecule has 0 amide bonds. The molecule has 6 nitrogen and oxygen atoms in total. The Morgan fingerprint density at radius 2 is 2.37 bits per heavy atom. The molecule has 2 aromatic heterocycles. The van der Waals surface area contributed by atoms with Crippen molar-refractivity contribution in [3.05, 3.63) is 21.6 Å². The van der Waals surface area contributed by atoms with E-state index in [1.54, 1.807) is 19.2 Å². The molecule has 1 N–H and O–H groups in total. The highest BCUT2D eigenvalue weighted by Gasteiger charge is 2.15. The molecule has 19 heavy (non-hydrogen) atoms. The fourth-order valence-electron chi connectivity index (χ4n) is 1.71. The fraction of sp³-hybridized carbons (Fsp3) is 0.500. The Kier molecular flexibility index (Phi) is 4.26. The van der Waals surface area contributed by atoms with Gasteiger partial charge in [-0.15, -0.1) is 0 Å². The largest absolute Gasteiger partial charge is 0.466 e. The first-order valence-electron chi connectivity index (χ1n) is 6.11. The van der Waals surface area contributed by atoms with Crippen molar-refractivity contribution in [1.29, 1.82) is 0 Å². The molecule has 102 valence electrons. The van der Waals surface area contributed by atoms with E-state index in [2.05, 4.69) is 14.3 Å². The Hall–Kier alpha value is -1.76. The summed E-state index contributed by atoms with van der Waals surface area (Å²) < 4.78 is 8.90. The lowest BCUT2D eigenvalue weighted by Crippen LogP contribution is -2.17. The molecule has 0 spiro atoms. The molecule has 0 aliphatic carbocycles. The first-order valence-corrected chi connectivity index (χ1v) is 6.95. The smallest absolute Gasteiger partial charge is 0.308 e. The zero-order valence-electron chi connectivity index (χ0n) is 10.8. The van der Waals surface area contributed by atoms with Gasteiger partial charge in [0, 0.05) is 11.8 Å². The number of ether oxygens (including phenoxy) is 1. The lowest BCUT2D eigenvalue weighted by Gasteiger charge is -2.09. The SMILES string of the molecule is CCOC(=O)C(C)CCc1nc2csnc2c(=O)[nH]1. The van der Waals surface area contributed by atoms with Crippen molar-refractivity contribution < 1.29 is 9.53 Å². The zero-order valence-corrected chi connectivity index (χ0v) is 11.6. The lowest BCUT2D eigenvalue weighted by atomic mass is 10.1. The predicted octanol–water partition coefficient (Wildman–Crippen LogP) is 1.51. The Morgan fingerprint density at radius 1 is 1.58 bits per heavy atom. The van der Waals surface area contributed by atoms with Crippen molar-refractivity contribution in [2.45, 2.75) is 26.7 Å². The number of nitrogens with one attached hydrogen (secondary N) is 1. The normalized spacial score (nSPS) is 12.5. The minimum Gasteiger partial charge on any atom is -0.466 e. The van der Waals surface area contributed by atoms with Crippen LogP contribution in [0.2, 0.25) is 0 Å². The number of fused-ring (bicyclic) bond motifs is 1. The molecular weight excluding hydrogens is 266 g/mol. The molecule has 2 aromatic rings. The van der Waals surface area contributed by atoms with Crippen LogP contribution in [0.4, 0.5) is 0 Å². The molecule has 0 aliphatic heterocycles. The minimum atomic E-state index is -0.231. The number of hydrogen-bond acceptors (Lipinski definition) is 6. The number of rotatable bonds is 5. The number of esters is 1. The van der Waals surface area contributed by atoms with Gasteiger partial charge in [-0.2, -0.15) is 4.37 Å². The molecule has 0 bridgehead atoms. The minimum absolute atomic E-state index is 0.207. The first-order chi connectivity index (χ1) is 9.11. The van der Waals surface area contributed by atoms with Crippen LogP contribution in [0.1, 0.15) is 26.1 Å². The monoisotopic (exact) mass is 281 g/mol. The summed E-state index contributed by atoms with van der Waals surface area (Å²) in [5.41, 5.74) is 0.741.